The van der Waals surface area contributed by atoms with Crippen LogP contribution >= 0.6 is 0 Å². The maximum absolute atomic E-state index is 14.9. The fraction of sp³-hybridized carbons (Fsp3) is 0.364. The van der Waals surface area contributed by atoms with E-state index >= 15 is 0 Å². The molecule has 1 heterocycles. The number of rotatable bonds is 5. The molecule has 1 aromatic heterocycles. The van der Waals surface area contributed by atoms with E-state index in [1.54, 1.807) is 13.1 Å². The van der Waals surface area contributed by atoms with Crippen LogP contribution in [0.15, 0.2) is 36.4 Å². The third-order valence-electron chi connectivity index (χ3n) is 5.60. The molecule has 31 heavy (non-hydrogen) atoms. The van der Waals surface area contributed by atoms with Crippen molar-refractivity contribution >= 4 is 16.8 Å². The molecule has 0 unspecified atom stereocenters. The highest BCUT2D eigenvalue weighted by Crippen LogP contribution is 2.30. The molecular formula is C22H21F4N3O2. The van der Waals surface area contributed by atoms with Crippen LogP contribution in [0.5, 0.6) is 0 Å². The van der Waals surface area contributed by atoms with Gasteiger partial charge in [0.15, 0.2) is 0 Å². The number of carbonyl (C=O) groups is 1. The zero-order valence-electron chi connectivity index (χ0n) is 16.7. The van der Waals surface area contributed by atoms with Crippen molar-refractivity contribution in [2.75, 3.05) is 0 Å². The van der Waals surface area contributed by atoms with Gasteiger partial charge in [0.2, 0.25) is 0 Å². The largest absolute Gasteiger partial charge is 0.349 e. The number of hydrogen-bond acceptors (Lipinski definition) is 3. The second-order valence-corrected chi connectivity index (χ2v) is 7.67. The standard InChI is InChI=1S/C22H21F4N3O2/c1-29-19-9-3-13(23)11-17(19)20(28-29)16-8-2-12(10-18(16)24)21(30)27-14-4-6-15(7-5-14)31-22(25)26/h2-3,8-11,14-15,22H,4-7H2,1H3,(H,27,30). The number of hydrogen-bond donors (Lipinski definition) is 1. The van der Waals surface area contributed by atoms with E-state index in [0.29, 0.717) is 42.3 Å². The highest BCUT2D eigenvalue weighted by molar-refractivity contribution is 5.97. The lowest BCUT2D eigenvalue weighted by Gasteiger charge is -2.28. The van der Waals surface area contributed by atoms with Crippen molar-refractivity contribution in [3.63, 3.8) is 0 Å². The van der Waals surface area contributed by atoms with Crippen LogP contribution in [0.2, 0.25) is 0 Å². The summed E-state index contributed by atoms with van der Waals surface area (Å²) in [5, 5.41) is 7.59. The van der Waals surface area contributed by atoms with Gasteiger partial charge >= 0.3 is 6.61 Å². The van der Waals surface area contributed by atoms with Gasteiger partial charge in [-0.05, 0) is 62.1 Å². The Bertz CT molecular complexity index is 1110. The van der Waals surface area contributed by atoms with Crippen molar-refractivity contribution in [3.05, 3.63) is 53.6 Å². The Balaban J connectivity index is 1.48. The lowest BCUT2D eigenvalue weighted by molar-refractivity contribution is -0.170. The van der Waals surface area contributed by atoms with Crippen LogP contribution in [0.1, 0.15) is 36.0 Å². The highest BCUT2D eigenvalue weighted by Gasteiger charge is 2.25. The first-order valence-corrected chi connectivity index (χ1v) is 9.98. The van der Waals surface area contributed by atoms with Crippen LogP contribution < -0.4 is 5.32 Å². The molecule has 1 N–H and O–H groups in total. The number of halogens is 4. The average Bonchev–Trinajstić information content (AvgIpc) is 3.04. The number of nitrogens with one attached hydrogen (secondary N) is 1. The summed E-state index contributed by atoms with van der Waals surface area (Å²) in [4.78, 5) is 12.5. The minimum atomic E-state index is -2.80. The molecule has 1 aliphatic rings. The van der Waals surface area contributed by atoms with Crippen molar-refractivity contribution in [2.24, 2.45) is 7.05 Å². The summed E-state index contributed by atoms with van der Waals surface area (Å²) in [6.07, 6.45) is 1.35. The predicted molar refractivity (Wildman–Crippen MR) is 107 cm³/mol. The van der Waals surface area contributed by atoms with E-state index in [4.69, 9.17) is 0 Å². The topological polar surface area (TPSA) is 56.2 Å². The number of fused-ring (bicyclic) bond motifs is 1. The Morgan fingerprint density at radius 1 is 1.13 bits per heavy atom. The summed E-state index contributed by atoms with van der Waals surface area (Å²) in [6, 6.07) is 8.05. The minimum absolute atomic E-state index is 0.138. The Morgan fingerprint density at radius 2 is 1.87 bits per heavy atom. The number of nitrogens with zero attached hydrogens (tertiary/aromatic N) is 2. The molecule has 3 aromatic rings. The first kappa shape index (κ1) is 21.3. The Labute approximate surface area is 176 Å². The molecule has 0 radical (unpaired) electrons. The highest BCUT2D eigenvalue weighted by atomic mass is 19.3. The van der Waals surface area contributed by atoms with Crippen LogP contribution in [0.4, 0.5) is 17.6 Å². The average molecular weight is 435 g/mol. The van der Waals surface area contributed by atoms with Gasteiger partial charge in [-0.15, -0.1) is 0 Å². The number of amides is 1. The van der Waals surface area contributed by atoms with Gasteiger partial charge in [0.1, 0.15) is 17.3 Å². The molecule has 0 bridgehead atoms. The van der Waals surface area contributed by atoms with Crippen molar-refractivity contribution in [3.8, 4) is 11.3 Å². The van der Waals surface area contributed by atoms with Gasteiger partial charge in [0.05, 0.1) is 11.6 Å². The summed E-state index contributed by atoms with van der Waals surface area (Å²) >= 11 is 0. The SMILES string of the molecule is Cn1nc(-c2ccc(C(=O)NC3CCC(OC(F)F)CC3)cc2F)c2cc(F)ccc21. The Morgan fingerprint density at radius 3 is 2.55 bits per heavy atom. The normalized spacial score (nSPS) is 19.2. The van der Waals surface area contributed by atoms with Crippen LogP contribution in [-0.2, 0) is 11.8 Å². The third kappa shape index (κ3) is 4.56. The fourth-order valence-electron chi connectivity index (χ4n) is 4.04. The van der Waals surface area contributed by atoms with Crippen LogP contribution in [0, 0.1) is 11.6 Å². The van der Waals surface area contributed by atoms with Crippen molar-refractivity contribution < 1.29 is 27.1 Å². The Hall–Kier alpha value is -2.94. The first-order valence-electron chi connectivity index (χ1n) is 9.98. The smallest absolute Gasteiger partial charge is 0.345 e. The van der Waals surface area contributed by atoms with Gasteiger partial charge in [-0.25, -0.2) is 8.78 Å². The number of benzene rings is 2. The molecule has 1 aliphatic carbocycles. The van der Waals surface area contributed by atoms with Crippen LogP contribution in [0.3, 0.4) is 0 Å². The quantitative estimate of drug-likeness (QED) is 0.586. The number of aryl methyl sites for hydroxylation is 1. The number of aromatic nitrogens is 2. The van der Waals surface area contributed by atoms with Crippen LogP contribution in [-0.4, -0.2) is 34.4 Å². The zero-order chi connectivity index (χ0) is 22.1. The lowest BCUT2D eigenvalue weighted by atomic mass is 9.92. The molecule has 0 aliphatic heterocycles. The van der Waals surface area contributed by atoms with Gasteiger partial charge in [0.25, 0.3) is 5.91 Å². The van der Waals surface area contributed by atoms with Gasteiger partial charge in [-0.2, -0.15) is 13.9 Å². The number of alkyl halides is 2. The van der Waals surface area contributed by atoms with Gasteiger partial charge < -0.3 is 10.1 Å². The fourth-order valence-corrected chi connectivity index (χ4v) is 4.04. The van der Waals surface area contributed by atoms with Crippen LogP contribution in [0.25, 0.3) is 22.2 Å². The molecule has 1 fully saturated rings. The van der Waals surface area contributed by atoms with Crippen molar-refractivity contribution in [1.29, 1.82) is 0 Å². The van der Waals surface area contributed by atoms with Crippen molar-refractivity contribution in [2.45, 2.75) is 44.4 Å². The van der Waals surface area contributed by atoms with Gasteiger partial charge in [0, 0.05) is 29.6 Å². The molecular weight excluding hydrogens is 414 g/mol. The second kappa shape index (κ2) is 8.66. The second-order valence-electron chi connectivity index (χ2n) is 7.67. The molecule has 4 rings (SSSR count). The Kier molecular flexibility index (Phi) is 5.95. The molecule has 5 nitrogen and oxygen atoms in total. The number of ether oxygens (including phenoxy) is 1. The first-order chi connectivity index (χ1) is 14.8. The summed E-state index contributed by atoms with van der Waals surface area (Å²) < 4.78 is 59.2. The summed E-state index contributed by atoms with van der Waals surface area (Å²) in [5.41, 5.74) is 1.25. The van der Waals surface area contributed by atoms with E-state index in [2.05, 4.69) is 15.2 Å². The van der Waals surface area contributed by atoms with E-state index < -0.39 is 30.3 Å². The predicted octanol–water partition coefficient (Wildman–Crippen LogP) is 4.80. The third-order valence-corrected chi connectivity index (χ3v) is 5.60. The van der Waals surface area contributed by atoms with E-state index in [1.807, 2.05) is 0 Å². The van der Waals surface area contributed by atoms with E-state index in [1.165, 1.54) is 28.9 Å². The molecule has 164 valence electrons. The molecule has 0 saturated heterocycles. The molecule has 2 aromatic carbocycles. The maximum atomic E-state index is 14.9. The molecule has 9 heteroatoms. The zero-order valence-corrected chi connectivity index (χ0v) is 16.7. The van der Waals surface area contributed by atoms with E-state index in [-0.39, 0.29) is 17.2 Å². The number of carbonyl (C=O) groups excluding carboxylic acids is 1. The summed E-state index contributed by atoms with van der Waals surface area (Å²) in [7, 11) is 1.69. The van der Waals surface area contributed by atoms with Gasteiger partial charge in [-0.1, -0.05) is 0 Å². The maximum Gasteiger partial charge on any atom is 0.345 e. The monoisotopic (exact) mass is 435 g/mol. The molecule has 1 amide bonds. The summed E-state index contributed by atoms with van der Waals surface area (Å²) in [6.45, 7) is -2.80. The summed E-state index contributed by atoms with van der Waals surface area (Å²) in [5.74, 6) is -1.54. The minimum Gasteiger partial charge on any atom is -0.349 e. The lowest BCUT2D eigenvalue weighted by Crippen LogP contribution is -2.39. The van der Waals surface area contributed by atoms with Crippen molar-refractivity contribution in [1.82, 2.24) is 15.1 Å². The van der Waals surface area contributed by atoms with E-state index in [9.17, 15) is 22.4 Å². The molecule has 0 atom stereocenters. The molecule has 1 saturated carbocycles. The van der Waals surface area contributed by atoms with E-state index in [0.717, 1.165) is 6.07 Å². The van der Waals surface area contributed by atoms with Gasteiger partial charge in [-0.3, -0.25) is 9.48 Å². The molecule has 0 spiro atoms.